The number of aryl methyl sites for hydroxylation is 2. The van der Waals surface area contributed by atoms with E-state index in [9.17, 15) is 4.79 Å². The van der Waals surface area contributed by atoms with E-state index in [1.807, 2.05) is 54.3 Å². The second-order valence-electron chi connectivity index (χ2n) is 6.67. The molecule has 1 atom stereocenters. The van der Waals surface area contributed by atoms with Crippen molar-refractivity contribution < 1.29 is 4.79 Å². The van der Waals surface area contributed by atoms with Crippen molar-refractivity contribution in [1.29, 1.82) is 0 Å². The number of benzene rings is 1. The van der Waals surface area contributed by atoms with Crippen molar-refractivity contribution in [3.8, 4) is 0 Å². The number of nitrogens with zero attached hydrogens (tertiary/aromatic N) is 3. The monoisotopic (exact) mass is 385 g/mol. The number of carbonyl (C=O) groups excluding carboxylic acids is 1. The van der Waals surface area contributed by atoms with Gasteiger partial charge in [0.1, 0.15) is 5.15 Å². The number of halogens is 1. The number of rotatable bonds is 8. The van der Waals surface area contributed by atoms with Crippen LogP contribution in [0.3, 0.4) is 0 Å². The van der Waals surface area contributed by atoms with Crippen LogP contribution in [-0.4, -0.2) is 20.8 Å². The van der Waals surface area contributed by atoms with Crippen molar-refractivity contribution in [3.05, 3.63) is 59.0 Å². The van der Waals surface area contributed by atoms with Crippen molar-refractivity contribution in [2.45, 2.75) is 38.1 Å². The van der Waals surface area contributed by atoms with Crippen molar-refractivity contribution in [3.63, 3.8) is 0 Å². The molecule has 3 aromatic rings. The molecule has 0 aliphatic carbocycles. The summed E-state index contributed by atoms with van der Waals surface area (Å²) in [6, 6.07) is 11.2. The van der Waals surface area contributed by atoms with Crippen LogP contribution >= 0.6 is 11.6 Å². The van der Waals surface area contributed by atoms with E-state index < -0.39 is 6.03 Å². The van der Waals surface area contributed by atoms with Crippen LogP contribution in [0.4, 0.5) is 4.79 Å². The Morgan fingerprint density at radius 3 is 2.78 bits per heavy atom. The number of primary amides is 1. The Labute approximate surface area is 163 Å². The standard InChI is InChI=1S/C20H24ClN5O/c1-26-19-15(13-23-26)12-18(21)24-17(19)11-7-3-6-10-16(25-20(22)27)14-8-4-2-5-9-14/h2,4-5,8-9,12-13,16H,3,6-7,10-11H2,1H3,(H3,22,25,27). The van der Waals surface area contributed by atoms with Gasteiger partial charge >= 0.3 is 6.03 Å². The van der Waals surface area contributed by atoms with Crippen LogP contribution < -0.4 is 11.1 Å². The number of aromatic nitrogens is 3. The van der Waals surface area contributed by atoms with Crippen LogP contribution in [0.5, 0.6) is 0 Å². The molecule has 1 unspecified atom stereocenters. The van der Waals surface area contributed by atoms with E-state index >= 15 is 0 Å². The molecule has 1 aromatic carbocycles. The Morgan fingerprint density at radius 2 is 2.04 bits per heavy atom. The van der Waals surface area contributed by atoms with Gasteiger partial charge in [-0.1, -0.05) is 54.8 Å². The maximum absolute atomic E-state index is 11.3. The third-order valence-corrected chi connectivity index (χ3v) is 4.88. The summed E-state index contributed by atoms with van der Waals surface area (Å²) in [6.07, 6.45) is 6.50. The highest BCUT2D eigenvalue weighted by Gasteiger charge is 2.13. The number of amides is 2. The van der Waals surface area contributed by atoms with Gasteiger partial charge in [-0.2, -0.15) is 5.10 Å². The SMILES string of the molecule is Cn1ncc2cc(Cl)nc(CCCCCC(NC(N)=O)c3ccccc3)c21. The molecular weight excluding hydrogens is 362 g/mol. The largest absolute Gasteiger partial charge is 0.352 e. The lowest BCUT2D eigenvalue weighted by molar-refractivity contribution is 0.244. The zero-order valence-corrected chi connectivity index (χ0v) is 16.1. The summed E-state index contributed by atoms with van der Waals surface area (Å²) in [5.74, 6) is 0. The zero-order chi connectivity index (χ0) is 19.2. The molecule has 0 fully saturated rings. The van der Waals surface area contributed by atoms with Gasteiger partial charge in [-0.15, -0.1) is 0 Å². The maximum Gasteiger partial charge on any atom is 0.312 e. The summed E-state index contributed by atoms with van der Waals surface area (Å²) in [5, 5.41) is 8.65. The zero-order valence-electron chi connectivity index (χ0n) is 15.4. The second-order valence-corrected chi connectivity index (χ2v) is 7.06. The molecular formula is C20H24ClN5O. The van der Waals surface area contributed by atoms with E-state index in [1.54, 1.807) is 0 Å². The molecule has 2 amide bonds. The Hall–Kier alpha value is -2.60. The van der Waals surface area contributed by atoms with Crippen LogP contribution in [0.25, 0.3) is 10.9 Å². The average Bonchev–Trinajstić information content (AvgIpc) is 3.01. The first-order valence-electron chi connectivity index (χ1n) is 9.12. The summed E-state index contributed by atoms with van der Waals surface area (Å²) in [5.41, 5.74) is 8.42. The molecule has 0 saturated carbocycles. The van der Waals surface area contributed by atoms with Gasteiger partial charge in [-0.05, 0) is 30.9 Å². The molecule has 3 N–H and O–H groups in total. The Kier molecular flexibility index (Phi) is 6.29. The average molecular weight is 386 g/mol. The van der Waals surface area contributed by atoms with E-state index in [0.717, 1.165) is 54.3 Å². The molecule has 7 heteroatoms. The molecule has 27 heavy (non-hydrogen) atoms. The van der Waals surface area contributed by atoms with Gasteiger partial charge in [0.2, 0.25) is 0 Å². The topological polar surface area (TPSA) is 85.8 Å². The molecule has 142 valence electrons. The third-order valence-electron chi connectivity index (χ3n) is 4.68. The number of hydrogen-bond donors (Lipinski definition) is 2. The summed E-state index contributed by atoms with van der Waals surface area (Å²) >= 11 is 6.13. The van der Waals surface area contributed by atoms with Gasteiger partial charge in [-0.3, -0.25) is 4.68 Å². The first-order chi connectivity index (χ1) is 13.0. The number of urea groups is 1. The minimum absolute atomic E-state index is 0.0585. The summed E-state index contributed by atoms with van der Waals surface area (Å²) in [7, 11) is 1.92. The number of hydrogen-bond acceptors (Lipinski definition) is 3. The lowest BCUT2D eigenvalue weighted by atomic mass is 9.99. The number of fused-ring (bicyclic) bond motifs is 1. The molecule has 6 nitrogen and oxygen atoms in total. The molecule has 0 radical (unpaired) electrons. The predicted octanol–water partition coefficient (Wildman–Crippen LogP) is 4.13. The fraction of sp³-hybridized carbons (Fsp3) is 0.350. The van der Waals surface area contributed by atoms with Gasteiger partial charge < -0.3 is 11.1 Å². The Balaban J connectivity index is 1.55. The molecule has 0 aliphatic heterocycles. The number of nitrogens with one attached hydrogen (secondary N) is 1. The van der Waals surface area contributed by atoms with Crippen LogP contribution in [0.2, 0.25) is 5.15 Å². The molecule has 0 aliphatic rings. The highest BCUT2D eigenvalue weighted by atomic mass is 35.5. The first kappa shape index (κ1) is 19.2. The third kappa shape index (κ3) is 4.98. The highest BCUT2D eigenvalue weighted by molar-refractivity contribution is 6.30. The van der Waals surface area contributed by atoms with Crippen molar-refractivity contribution in [2.24, 2.45) is 12.8 Å². The van der Waals surface area contributed by atoms with Gasteiger partial charge in [0.25, 0.3) is 0 Å². The normalized spacial score (nSPS) is 12.2. The maximum atomic E-state index is 11.3. The Bertz CT molecular complexity index is 909. The highest BCUT2D eigenvalue weighted by Crippen LogP contribution is 2.23. The van der Waals surface area contributed by atoms with Gasteiger partial charge in [-0.25, -0.2) is 9.78 Å². The van der Waals surface area contributed by atoms with Crippen LogP contribution in [0.15, 0.2) is 42.6 Å². The van der Waals surface area contributed by atoms with E-state index in [4.69, 9.17) is 17.3 Å². The van der Waals surface area contributed by atoms with Crippen LogP contribution in [0, 0.1) is 0 Å². The quantitative estimate of drug-likeness (QED) is 0.451. The molecule has 0 spiro atoms. The lowest BCUT2D eigenvalue weighted by Crippen LogP contribution is -2.33. The van der Waals surface area contributed by atoms with E-state index in [-0.39, 0.29) is 6.04 Å². The molecule has 0 bridgehead atoms. The minimum atomic E-state index is -0.495. The van der Waals surface area contributed by atoms with Crippen molar-refractivity contribution in [2.75, 3.05) is 0 Å². The van der Waals surface area contributed by atoms with Gasteiger partial charge in [0.15, 0.2) is 0 Å². The molecule has 2 aromatic heterocycles. The van der Waals surface area contributed by atoms with Gasteiger partial charge in [0, 0.05) is 12.4 Å². The number of unbranched alkanes of at least 4 members (excludes halogenated alkanes) is 2. The molecule has 3 rings (SSSR count). The van der Waals surface area contributed by atoms with Gasteiger partial charge in [0.05, 0.1) is 23.4 Å². The summed E-state index contributed by atoms with van der Waals surface area (Å²) in [6.45, 7) is 0. The van der Waals surface area contributed by atoms with Crippen molar-refractivity contribution >= 4 is 28.5 Å². The molecule has 0 saturated heterocycles. The number of carbonyl (C=O) groups is 1. The van der Waals surface area contributed by atoms with Crippen molar-refractivity contribution in [1.82, 2.24) is 20.1 Å². The Morgan fingerprint density at radius 1 is 1.26 bits per heavy atom. The first-order valence-corrected chi connectivity index (χ1v) is 9.50. The summed E-state index contributed by atoms with van der Waals surface area (Å²) < 4.78 is 1.84. The number of pyridine rings is 1. The fourth-order valence-corrected chi connectivity index (χ4v) is 3.65. The smallest absolute Gasteiger partial charge is 0.312 e. The number of nitrogens with two attached hydrogens (primary N) is 1. The van der Waals surface area contributed by atoms with Crippen LogP contribution in [0.1, 0.15) is 43.0 Å². The van der Waals surface area contributed by atoms with Crippen LogP contribution in [-0.2, 0) is 13.5 Å². The van der Waals surface area contributed by atoms with E-state index in [1.165, 1.54) is 0 Å². The summed E-state index contributed by atoms with van der Waals surface area (Å²) in [4.78, 5) is 15.8. The van der Waals surface area contributed by atoms with E-state index in [2.05, 4.69) is 15.4 Å². The lowest BCUT2D eigenvalue weighted by Gasteiger charge is -2.18. The predicted molar refractivity (Wildman–Crippen MR) is 108 cm³/mol. The fourth-order valence-electron chi connectivity index (χ4n) is 3.43. The minimum Gasteiger partial charge on any atom is -0.352 e. The second kappa shape index (κ2) is 8.86. The molecule has 2 heterocycles. The van der Waals surface area contributed by atoms with E-state index in [0.29, 0.717) is 5.15 Å².